The van der Waals surface area contributed by atoms with Crippen LogP contribution in [-0.2, 0) is 20.7 Å². The van der Waals surface area contributed by atoms with Gasteiger partial charge in [0.15, 0.2) is 5.78 Å². The molecule has 0 aromatic carbocycles. The molecule has 0 fully saturated rings. The van der Waals surface area contributed by atoms with Crippen molar-refractivity contribution in [1.29, 1.82) is 0 Å². The summed E-state index contributed by atoms with van der Waals surface area (Å²) in [6, 6.07) is 0. The Bertz CT molecular complexity index is 747. The maximum absolute atomic E-state index is 12.2. The Hall–Kier alpha value is -2.05. The molecule has 2 atom stereocenters. The summed E-state index contributed by atoms with van der Waals surface area (Å²) in [6.45, 7) is 2.06. The van der Waals surface area contributed by atoms with E-state index in [1.165, 1.54) is 7.11 Å². The van der Waals surface area contributed by atoms with Crippen LogP contribution < -0.4 is 0 Å². The molecular formula is C22H29NO4S. The van der Waals surface area contributed by atoms with Crippen LogP contribution in [0.1, 0.15) is 62.1 Å². The summed E-state index contributed by atoms with van der Waals surface area (Å²) in [5.41, 5.74) is 1.69. The first-order valence-corrected chi connectivity index (χ1v) is 10.7. The van der Waals surface area contributed by atoms with E-state index in [1.807, 2.05) is 29.7 Å². The van der Waals surface area contributed by atoms with E-state index in [0.717, 1.165) is 36.4 Å². The number of carbonyl (C=O) groups is 2. The largest absolute Gasteiger partial charge is 0.469 e. The fourth-order valence-electron chi connectivity index (χ4n) is 3.02. The van der Waals surface area contributed by atoms with Gasteiger partial charge in [0.05, 0.1) is 24.8 Å². The summed E-state index contributed by atoms with van der Waals surface area (Å²) in [4.78, 5) is 28.1. The van der Waals surface area contributed by atoms with Crippen LogP contribution in [0.2, 0.25) is 0 Å². The van der Waals surface area contributed by atoms with Crippen molar-refractivity contribution in [3.8, 4) is 0 Å². The molecule has 1 N–H and O–H groups in total. The molecule has 0 amide bonds. The van der Waals surface area contributed by atoms with E-state index < -0.39 is 6.10 Å². The van der Waals surface area contributed by atoms with E-state index in [0.29, 0.717) is 24.8 Å². The third-order valence-corrected chi connectivity index (χ3v) is 5.58. The Labute approximate surface area is 170 Å². The number of nitrogens with zero attached hydrogens (tertiary/aromatic N) is 1. The van der Waals surface area contributed by atoms with Gasteiger partial charge in [0, 0.05) is 17.4 Å². The zero-order valence-electron chi connectivity index (χ0n) is 16.6. The molecule has 1 heterocycles. The number of ketones is 1. The SMILES string of the molecule is CC/C=C\C[C@H](O)C/C=C1/C(=O)C=CC1c1nc(CCCCC(=O)OC)cs1. The number of aromatic nitrogens is 1. The minimum absolute atomic E-state index is 0.00358. The van der Waals surface area contributed by atoms with E-state index in [2.05, 4.69) is 16.6 Å². The maximum atomic E-state index is 12.2. The van der Waals surface area contributed by atoms with Gasteiger partial charge < -0.3 is 9.84 Å². The Morgan fingerprint density at radius 1 is 1.36 bits per heavy atom. The topological polar surface area (TPSA) is 76.5 Å². The first kappa shape index (κ1) is 22.2. The van der Waals surface area contributed by atoms with Crippen LogP contribution in [0.15, 0.2) is 41.3 Å². The van der Waals surface area contributed by atoms with E-state index in [-0.39, 0.29) is 17.7 Å². The highest BCUT2D eigenvalue weighted by Crippen LogP contribution is 2.34. The number of ether oxygens (including phenoxy) is 1. The average Bonchev–Trinajstić information content (AvgIpc) is 3.30. The number of unbranched alkanes of at least 4 members (excludes halogenated alkanes) is 1. The standard InChI is InChI=1S/C22H29NO4S/c1-3-4-5-9-17(24)11-12-18-19(13-14-20(18)25)22-23-16(15-28-22)8-6-7-10-21(26)27-2/h4-5,12-15,17,19,24H,3,6-11H2,1-2H3/b5-4-,18-12+/t17-,19?/m0/s1. The lowest BCUT2D eigenvalue weighted by atomic mass is 10.00. The molecule has 0 spiro atoms. The molecule has 0 saturated heterocycles. The van der Waals surface area contributed by atoms with E-state index in [1.54, 1.807) is 17.4 Å². The highest BCUT2D eigenvalue weighted by Gasteiger charge is 2.27. The lowest BCUT2D eigenvalue weighted by Gasteiger charge is -2.09. The minimum atomic E-state index is -0.481. The van der Waals surface area contributed by atoms with E-state index in [4.69, 9.17) is 0 Å². The second kappa shape index (κ2) is 11.7. The third kappa shape index (κ3) is 6.84. The monoisotopic (exact) mass is 403 g/mol. The number of hydrogen-bond acceptors (Lipinski definition) is 6. The van der Waals surface area contributed by atoms with Crippen LogP contribution in [0.3, 0.4) is 0 Å². The molecular weight excluding hydrogens is 374 g/mol. The zero-order chi connectivity index (χ0) is 20.4. The molecule has 152 valence electrons. The number of thiazole rings is 1. The van der Waals surface area contributed by atoms with Gasteiger partial charge in [-0.1, -0.05) is 31.2 Å². The van der Waals surface area contributed by atoms with Crippen molar-refractivity contribution in [2.75, 3.05) is 7.11 Å². The van der Waals surface area contributed by atoms with Crippen molar-refractivity contribution in [2.24, 2.45) is 0 Å². The van der Waals surface area contributed by atoms with E-state index >= 15 is 0 Å². The molecule has 1 aromatic heterocycles. The molecule has 28 heavy (non-hydrogen) atoms. The van der Waals surface area contributed by atoms with Crippen LogP contribution in [0.4, 0.5) is 0 Å². The number of allylic oxidation sites excluding steroid dienone is 4. The lowest BCUT2D eigenvalue weighted by molar-refractivity contribution is -0.140. The molecule has 1 aromatic rings. The Kier molecular flexibility index (Phi) is 9.31. The van der Waals surface area contributed by atoms with Gasteiger partial charge in [-0.3, -0.25) is 9.59 Å². The summed E-state index contributed by atoms with van der Waals surface area (Å²) < 4.78 is 4.64. The highest BCUT2D eigenvalue weighted by atomic mass is 32.1. The van der Waals surface area contributed by atoms with E-state index in [9.17, 15) is 14.7 Å². The van der Waals surface area contributed by atoms with Crippen molar-refractivity contribution in [3.05, 3.63) is 52.0 Å². The number of rotatable bonds is 11. The lowest BCUT2D eigenvalue weighted by Crippen LogP contribution is -2.07. The Morgan fingerprint density at radius 3 is 2.93 bits per heavy atom. The fraction of sp³-hybridized carbons (Fsp3) is 0.500. The molecule has 1 unspecified atom stereocenters. The van der Waals surface area contributed by atoms with Crippen molar-refractivity contribution >= 4 is 23.1 Å². The normalized spacial score (nSPS) is 19.0. The van der Waals surface area contributed by atoms with Crippen LogP contribution in [0, 0.1) is 0 Å². The van der Waals surface area contributed by atoms with Crippen LogP contribution in [0.5, 0.6) is 0 Å². The number of carbonyl (C=O) groups excluding carboxylic acids is 2. The molecule has 1 aliphatic carbocycles. The summed E-state index contributed by atoms with van der Waals surface area (Å²) in [5.74, 6) is -0.313. The number of aliphatic hydroxyl groups excluding tert-OH is 1. The first-order valence-electron chi connectivity index (χ1n) is 9.81. The predicted molar refractivity (Wildman–Crippen MR) is 111 cm³/mol. The number of methoxy groups -OCH3 is 1. The third-order valence-electron chi connectivity index (χ3n) is 4.61. The number of aryl methyl sites for hydroxylation is 1. The molecule has 0 aliphatic heterocycles. The first-order chi connectivity index (χ1) is 13.5. The van der Waals surface area contributed by atoms with Crippen LogP contribution >= 0.6 is 11.3 Å². The van der Waals surface area contributed by atoms with Gasteiger partial charge in [-0.05, 0) is 44.6 Å². The van der Waals surface area contributed by atoms with Gasteiger partial charge in [-0.25, -0.2) is 4.98 Å². The molecule has 1 aliphatic rings. The Morgan fingerprint density at radius 2 is 2.18 bits per heavy atom. The average molecular weight is 404 g/mol. The second-order valence-electron chi connectivity index (χ2n) is 6.83. The molecule has 0 saturated carbocycles. The molecule has 5 nitrogen and oxygen atoms in total. The smallest absolute Gasteiger partial charge is 0.305 e. The Balaban J connectivity index is 1.92. The van der Waals surface area contributed by atoms with Crippen molar-refractivity contribution < 1.29 is 19.4 Å². The number of aliphatic hydroxyl groups is 1. The highest BCUT2D eigenvalue weighted by molar-refractivity contribution is 7.09. The molecule has 0 radical (unpaired) electrons. The molecule has 2 rings (SSSR count). The van der Waals surface area contributed by atoms with Gasteiger partial charge in [-0.15, -0.1) is 11.3 Å². The van der Waals surface area contributed by atoms with Crippen LogP contribution in [-0.4, -0.2) is 35.1 Å². The maximum Gasteiger partial charge on any atom is 0.305 e. The van der Waals surface area contributed by atoms with Crippen molar-refractivity contribution in [1.82, 2.24) is 4.98 Å². The molecule has 0 bridgehead atoms. The summed E-state index contributed by atoms with van der Waals surface area (Å²) in [6.07, 6.45) is 13.7. The predicted octanol–water partition coefficient (Wildman–Crippen LogP) is 4.29. The van der Waals surface area contributed by atoms with Gasteiger partial charge >= 0.3 is 5.97 Å². The van der Waals surface area contributed by atoms with Gasteiger partial charge in [0.2, 0.25) is 0 Å². The number of esters is 1. The summed E-state index contributed by atoms with van der Waals surface area (Å²) in [5, 5.41) is 13.0. The number of hydrogen-bond donors (Lipinski definition) is 1. The van der Waals surface area contributed by atoms with Gasteiger partial charge in [0.25, 0.3) is 0 Å². The second-order valence-corrected chi connectivity index (χ2v) is 7.72. The van der Waals surface area contributed by atoms with Crippen molar-refractivity contribution in [2.45, 2.75) is 63.9 Å². The fourth-order valence-corrected chi connectivity index (χ4v) is 3.97. The van der Waals surface area contributed by atoms with Gasteiger partial charge in [0.1, 0.15) is 5.01 Å². The zero-order valence-corrected chi connectivity index (χ0v) is 17.4. The quantitative estimate of drug-likeness (QED) is 0.258. The summed E-state index contributed by atoms with van der Waals surface area (Å²) in [7, 11) is 1.40. The van der Waals surface area contributed by atoms with Gasteiger partial charge in [-0.2, -0.15) is 0 Å². The minimum Gasteiger partial charge on any atom is -0.469 e. The van der Waals surface area contributed by atoms with Crippen LogP contribution in [0.25, 0.3) is 0 Å². The van der Waals surface area contributed by atoms with Crippen molar-refractivity contribution in [3.63, 3.8) is 0 Å². The molecule has 6 heteroatoms. The summed E-state index contributed by atoms with van der Waals surface area (Å²) >= 11 is 1.55.